The fourth-order valence-electron chi connectivity index (χ4n) is 0.464. The van der Waals surface area contributed by atoms with Gasteiger partial charge in [-0.2, -0.15) is 0 Å². The van der Waals surface area contributed by atoms with E-state index in [1.165, 1.54) is 12.1 Å². The van der Waals surface area contributed by atoms with Gasteiger partial charge in [0.15, 0.2) is 11.5 Å². The Balaban J connectivity index is 0.000000371. The van der Waals surface area contributed by atoms with Crippen LogP contribution >= 0.6 is 11.5 Å². The van der Waals surface area contributed by atoms with Crippen LogP contribution in [0.4, 0.5) is 0 Å². The molecule has 0 saturated heterocycles. The minimum Gasteiger partial charge on any atom is -0.504 e. The molecule has 0 saturated carbocycles. The number of hydrogen-bond acceptors (Lipinski definition) is 2. The number of halogens is 1. The maximum atomic E-state index is 8.67. The van der Waals surface area contributed by atoms with Crippen molar-refractivity contribution >= 4 is 18.7 Å². The lowest BCUT2D eigenvalue weighted by molar-refractivity contribution is 0.404. The van der Waals surface area contributed by atoms with Crippen LogP contribution in [0.5, 0.6) is 11.5 Å². The summed E-state index contributed by atoms with van der Waals surface area (Å²) in [6.07, 6.45) is 0. The van der Waals surface area contributed by atoms with Crippen molar-refractivity contribution in [3.63, 3.8) is 0 Å². The number of hydrogen-bond donors (Lipinski definition) is 2. The largest absolute Gasteiger partial charge is 0.504 e. The molecule has 2 nitrogen and oxygen atoms in total. The lowest BCUT2D eigenvalue weighted by Gasteiger charge is -1.91. The molecule has 0 aliphatic heterocycles. The first-order valence-electron chi connectivity index (χ1n) is 2.49. The number of aromatic hydroxyl groups is 2. The molecule has 0 unspecified atom stereocenters. The highest BCUT2D eigenvalue weighted by atomic mass is 35.5. The van der Waals surface area contributed by atoms with Crippen LogP contribution in [0.1, 0.15) is 0 Å². The molecule has 0 fully saturated rings. The van der Waals surface area contributed by atoms with Crippen LogP contribution in [0.2, 0.25) is 0 Å². The summed E-state index contributed by atoms with van der Waals surface area (Å²) >= 11 is 4.14. The highest BCUT2D eigenvalue weighted by Gasteiger charge is 1.90. The average molecular weight is 156 g/mol. The van der Waals surface area contributed by atoms with Crippen molar-refractivity contribution in [3.05, 3.63) is 24.3 Å². The Kier molecular flexibility index (Phi) is 4.59. The normalized spacial score (nSPS) is 7.70. The van der Waals surface area contributed by atoms with Crippen LogP contribution < -0.4 is 0 Å². The summed E-state index contributed by atoms with van der Waals surface area (Å²) in [5.74, 6) is -0.153. The molecular weight excluding hydrogens is 150 g/mol. The van der Waals surface area contributed by atoms with Gasteiger partial charge in [0.25, 0.3) is 0 Å². The Morgan fingerprint density at radius 3 is 1.50 bits per heavy atom. The molecule has 10 heavy (non-hydrogen) atoms. The molecule has 2 N–H and O–H groups in total. The molecule has 0 atom stereocenters. The highest BCUT2D eigenvalue weighted by molar-refractivity contribution is 6.80. The first kappa shape index (κ1) is 9.17. The van der Waals surface area contributed by atoms with E-state index >= 15 is 0 Å². The van der Waals surface area contributed by atoms with E-state index in [4.69, 9.17) is 10.2 Å². The minimum absolute atomic E-state index is 0.0764. The molecule has 4 heteroatoms. The Labute approximate surface area is 65.4 Å². The maximum absolute atomic E-state index is 8.67. The first-order valence-corrected chi connectivity index (χ1v) is 2.93. The Morgan fingerprint density at radius 1 is 1.00 bits per heavy atom. The standard InChI is InChI=1S/C6H6O2.BCl/c7-5-3-1-2-4-6(5)8;1-2/h1-4,7-8H;. The molecule has 1 aromatic rings. The summed E-state index contributed by atoms with van der Waals surface area (Å²) in [5, 5.41) is 17.3. The first-order chi connectivity index (χ1) is 4.80. The Hall–Kier alpha value is -0.825. The third-order valence-corrected chi connectivity index (χ3v) is 0.882. The molecule has 0 aliphatic carbocycles. The highest BCUT2D eigenvalue weighted by Crippen LogP contribution is 2.21. The van der Waals surface area contributed by atoms with Crippen LogP contribution in [0.15, 0.2) is 24.3 Å². The van der Waals surface area contributed by atoms with Crippen molar-refractivity contribution in [1.82, 2.24) is 0 Å². The number of phenolic OH excluding ortho intramolecular Hbond substituents is 2. The van der Waals surface area contributed by atoms with Crippen LogP contribution in [0, 0.1) is 0 Å². The lowest BCUT2D eigenvalue weighted by atomic mass is 10.3. The SMILES string of the molecule is Oc1ccccc1O.[B]Cl. The van der Waals surface area contributed by atoms with Crippen LogP contribution in [-0.4, -0.2) is 17.5 Å². The average Bonchev–Trinajstić information content (AvgIpc) is 2.00. The van der Waals surface area contributed by atoms with Crippen molar-refractivity contribution in [2.45, 2.75) is 0 Å². The van der Waals surface area contributed by atoms with Crippen LogP contribution in [-0.2, 0) is 0 Å². The van der Waals surface area contributed by atoms with Gasteiger partial charge in [-0.1, -0.05) is 12.1 Å². The van der Waals surface area contributed by atoms with Crippen molar-refractivity contribution in [3.8, 4) is 11.5 Å². The predicted molar refractivity (Wildman–Crippen MR) is 41.4 cm³/mol. The fraction of sp³-hybridized carbons (Fsp3) is 0. The summed E-state index contributed by atoms with van der Waals surface area (Å²) < 4.78 is 0. The smallest absolute Gasteiger partial charge is 0.214 e. The van der Waals surface area contributed by atoms with E-state index in [-0.39, 0.29) is 11.5 Å². The van der Waals surface area contributed by atoms with Gasteiger partial charge in [0.1, 0.15) is 0 Å². The number of para-hydroxylation sites is 2. The van der Waals surface area contributed by atoms with E-state index in [9.17, 15) is 0 Å². The second kappa shape index (κ2) is 5.00. The monoisotopic (exact) mass is 156 g/mol. The van der Waals surface area contributed by atoms with Gasteiger partial charge in [-0.3, -0.25) is 0 Å². The molecule has 52 valence electrons. The molecule has 0 aliphatic rings. The second-order valence-corrected chi connectivity index (χ2v) is 1.49. The third-order valence-electron chi connectivity index (χ3n) is 0.882. The van der Waals surface area contributed by atoms with Gasteiger partial charge in [-0.15, -0.1) is 0 Å². The summed E-state index contributed by atoms with van der Waals surface area (Å²) in [7, 11) is 3.97. The van der Waals surface area contributed by atoms with E-state index < -0.39 is 0 Å². The molecule has 0 heterocycles. The second-order valence-electron chi connectivity index (χ2n) is 1.49. The Morgan fingerprint density at radius 2 is 1.30 bits per heavy atom. The molecular formula is C6H6BClO2. The van der Waals surface area contributed by atoms with Crippen LogP contribution in [0.25, 0.3) is 0 Å². The maximum Gasteiger partial charge on any atom is 0.214 e. The number of phenols is 2. The topological polar surface area (TPSA) is 40.5 Å². The quantitative estimate of drug-likeness (QED) is 0.440. The lowest BCUT2D eigenvalue weighted by Crippen LogP contribution is -1.63. The summed E-state index contributed by atoms with van der Waals surface area (Å²) in [4.78, 5) is 0. The zero-order chi connectivity index (χ0) is 7.98. The van der Waals surface area contributed by atoms with Crippen molar-refractivity contribution in [1.29, 1.82) is 0 Å². The van der Waals surface area contributed by atoms with Crippen molar-refractivity contribution < 1.29 is 10.2 Å². The van der Waals surface area contributed by atoms with Gasteiger partial charge in [0.2, 0.25) is 7.26 Å². The molecule has 0 bridgehead atoms. The molecule has 2 radical (unpaired) electrons. The van der Waals surface area contributed by atoms with Gasteiger partial charge in [0, 0.05) is 0 Å². The fourth-order valence-corrected chi connectivity index (χ4v) is 0.464. The van der Waals surface area contributed by atoms with Gasteiger partial charge in [0.05, 0.1) is 0 Å². The van der Waals surface area contributed by atoms with Gasteiger partial charge in [-0.25, -0.2) is 11.5 Å². The van der Waals surface area contributed by atoms with Crippen molar-refractivity contribution in [2.75, 3.05) is 0 Å². The summed E-state index contributed by atoms with van der Waals surface area (Å²) in [6.45, 7) is 0. The number of rotatable bonds is 0. The third kappa shape index (κ3) is 2.64. The molecule has 1 rings (SSSR count). The van der Waals surface area contributed by atoms with E-state index in [1.807, 2.05) is 0 Å². The van der Waals surface area contributed by atoms with E-state index in [0.29, 0.717) is 0 Å². The zero-order valence-electron chi connectivity index (χ0n) is 5.16. The molecule has 1 aromatic carbocycles. The van der Waals surface area contributed by atoms with E-state index in [0.717, 1.165) is 0 Å². The zero-order valence-corrected chi connectivity index (χ0v) is 5.92. The summed E-state index contributed by atoms with van der Waals surface area (Å²) in [6, 6.07) is 6.15. The molecule has 0 spiro atoms. The van der Waals surface area contributed by atoms with Crippen LogP contribution in [0.3, 0.4) is 0 Å². The van der Waals surface area contributed by atoms with E-state index in [1.54, 1.807) is 12.1 Å². The number of benzene rings is 1. The predicted octanol–water partition coefficient (Wildman–Crippen LogP) is 1.41. The van der Waals surface area contributed by atoms with Gasteiger partial charge >= 0.3 is 0 Å². The molecule has 0 aromatic heterocycles. The molecule has 0 amide bonds. The van der Waals surface area contributed by atoms with Gasteiger partial charge in [-0.05, 0) is 12.1 Å². The minimum atomic E-state index is -0.0764. The van der Waals surface area contributed by atoms with Crippen molar-refractivity contribution in [2.24, 2.45) is 0 Å². The Bertz CT molecular complexity index is 172. The summed E-state index contributed by atoms with van der Waals surface area (Å²) in [5.41, 5.74) is 0. The van der Waals surface area contributed by atoms with E-state index in [2.05, 4.69) is 18.7 Å². The van der Waals surface area contributed by atoms with Gasteiger partial charge < -0.3 is 10.2 Å².